The molecular formula is C17H18BrCl. The Morgan fingerprint density at radius 3 is 2.05 bits per heavy atom. The summed E-state index contributed by atoms with van der Waals surface area (Å²) in [5.74, 6) is 0. The summed E-state index contributed by atoms with van der Waals surface area (Å²) in [5.41, 5.74) is 3.86. The first-order valence-corrected chi connectivity index (χ1v) is 7.68. The highest BCUT2D eigenvalue weighted by molar-refractivity contribution is 9.09. The van der Waals surface area contributed by atoms with Crippen molar-refractivity contribution in [1.29, 1.82) is 0 Å². The van der Waals surface area contributed by atoms with Crippen LogP contribution in [-0.2, 0) is 5.41 Å². The third kappa shape index (κ3) is 3.40. The monoisotopic (exact) mass is 336 g/mol. The van der Waals surface area contributed by atoms with Crippen LogP contribution < -0.4 is 0 Å². The van der Waals surface area contributed by atoms with Gasteiger partial charge in [-0.2, -0.15) is 0 Å². The van der Waals surface area contributed by atoms with Crippen LogP contribution in [0, 0.1) is 0 Å². The number of benzene rings is 2. The van der Waals surface area contributed by atoms with Crippen LogP contribution in [0.25, 0.3) is 0 Å². The van der Waals surface area contributed by atoms with E-state index in [-0.39, 0.29) is 10.2 Å². The Labute approximate surface area is 128 Å². The SMILES string of the molecule is CC(C)(C)c1ccc(C(Br)c2ccccc2Cl)cc1. The molecule has 0 nitrogen and oxygen atoms in total. The zero-order chi connectivity index (χ0) is 14.0. The van der Waals surface area contributed by atoms with Gasteiger partial charge in [0, 0.05) is 5.02 Å². The van der Waals surface area contributed by atoms with Gasteiger partial charge in [0.05, 0.1) is 4.83 Å². The average molecular weight is 338 g/mol. The first-order chi connectivity index (χ1) is 8.89. The van der Waals surface area contributed by atoms with Gasteiger partial charge in [0.25, 0.3) is 0 Å². The molecule has 0 aliphatic heterocycles. The second-order valence-corrected chi connectivity index (χ2v) is 7.08. The lowest BCUT2D eigenvalue weighted by molar-refractivity contribution is 0.590. The number of hydrogen-bond donors (Lipinski definition) is 0. The first kappa shape index (κ1) is 14.6. The normalized spacial score (nSPS) is 13.3. The van der Waals surface area contributed by atoms with E-state index >= 15 is 0 Å². The maximum Gasteiger partial charge on any atom is 0.0659 e. The van der Waals surface area contributed by atoms with Crippen molar-refractivity contribution in [3.63, 3.8) is 0 Å². The van der Waals surface area contributed by atoms with Crippen molar-refractivity contribution in [1.82, 2.24) is 0 Å². The van der Waals surface area contributed by atoms with Crippen molar-refractivity contribution in [3.05, 3.63) is 70.2 Å². The molecule has 0 bridgehead atoms. The summed E-state index contributed by atoms with van der Waals surface area (Å²) in [6.45, 7) is 6.67. The van der Waals surface area contributed by atoms with Crippen molar-refractivity contribution in [2.24, 2.45) is 0 Å². The molecule has 0 amide bonds. The van der Waals surface area contributed by atoms with Gasteiger partial charge in [0.2, 0.25) is 0 Å². The largest absolute Gasteiger partial charge is 0.0840 e. The molecule has 0 N–H and O–H groups in total. The Balaban J connectivity index is 2.31. The summed E-state index contributed by atoms with van der Waals surface area (Å²) in [7, 11) is 0. The molecule has 19 heavy (non-hydrogen) atoms. The molecule has 0 aliphatic rings. The number of hydrogen-bond acceptors (Lipinski definition) is 0. The van der Waals surface area contributed by atoms with E-state index in [4.69, 9.17) is 11.6 Å². The zero-order valence-corrected chi connectivity index (χ0v) is 13.8. The summed E-state index contributed by atoms with van der Waals surface area (Å²) < 4.78 is 0. The highest BCUT2D eigenvalue weighted by Gasteiger charge is 2.16. The minimum atomic E-state index is 0.134. The summed E-state index contributed by atoms with van der Waals surface area (Å²) in [4.78, 5) is 0.134. The van der Waals surface area contributed by atoms with Crippen LogP contribution in [0.3, 0.4) is 0 Å². The van der Waals surface area contributed by atoms with Crippen LogP contribution in [0.15, 0.2) is 48.5 Å². The molecule has 2 rings (SSSR count). The molecule has 0 heterocycles. The summed E-state index contributed by atoms with van der Waals surface area (Å²) in [6, 6.07) is 16.7. The third-order valence-electron chi connectivity index (χ3n) is 3.25. The lowest BCUT2D eigenvalue weighted by Gasteiger charge is -2.20. The minimum Gasteiger partial charge on any atom is -0.0840 e. The first-order valence-electron chi connectivity index (χ1n) is 6.38. The van der Waals surface area contributed by atoms with E-state index in [1.165, 1.54) is 11.1 Å². The minimum absolute atomic E-state index is 0.134. The Kier molecular flexibility index (Phi) is 4.37. The predicted octanol–water partition coefficient (Wildman–Crippen LogP) is 6.12. The quantitative estimate of drug-likeness (QED) is 0.579. The van der Waals surface area contributed by atoms with Crippen molar-refractivity contribution in [3.8, 4) is 0 Å². The molecule has 0 saturated carbocycles. The average Bonchev–Trinajstić information content (AvgIpc) is 2.38. The van der Waals surface area contributed by atoms with E-state index in [9.17, 15) is 0 Å². The van der Waals surface area contributed by atoms with Gasteiger partial charge in [-0.3, -0.25) is 0 Å². The van der Waals surface area contributed by atoms with E-state index in [1.54, 1.807) is 0 Å². The highest BCUT2D eigenvalue weighted by atomic mass is 79.9. The van der Waals surface area contributed by atoms with Gasteiger partial charge in [-0.15, -0.1) is 0 Å². The fourth-order valence-corrected chi connectivity index (χ4v) is 3.09. The van der Waals surface area contributed by atoms with Crippen molar-refractivity contribution < 1.29 is 0 Å². The van der Waals surface area contributed by atoms with E-state index in [2.05, 4.69) is 67.0 Å². The van der Waals surface area contributed by atoms with E-state index in [0.29, 0.717) is 0 Å². The second kappa shape index (κ2) is 5.68. The molecule has 0 aliphatic carbocycles. The van der Waals surface area contributed by atoms with Gasteiger partial charge in [-0.1, -0.05) is 90.8 Å². The highest BCUT2D eigenvalue weighted by Crippen LogP contribution is 2.35. The Morgan fingerprint density at radius 1 is 0.947 bits per heavy atom. The molecule has 2 aromatic carbocycles. The van der Waals surface area contributed by atoms with Gasteiger partial charge in [-0.25, -0.2) is 0 Å². The molecule has 2 aromatic rings. The van der Waals surface area contributed by atoms with Gasteiger partial charge in [0.15, 0.2) is 0 Å². The molecule has 100 valence electrons. The van der Waals surface area contributed by atoms with Gasteiger partial charge >= 0.3 is 0 Å². The standard InChI is InChI=1S/C17H18BrCl/c1-17(2,3)13-10-8-12(9-11-13)16(18)14-6-4-5-7-15(14)19/h4-11,16H,1-3H3. The van der Waals surface area contributed by atoms with Gasteiger partial charge in [-0.05, 0) is 28.2 Å². The lowest BCUT2D eigenvalue weighted by Crippen LogP contribution is -2.10. The van der Waals surface area contributed by atoms with E-state index < -0.39 is 0 Å². The second-order valence-electron chi connectivity index (χ2n) is 5.76. The van der Waals surface area contributed by atoms with Gasteiger partial charge in [0.1, 0.15) is 0 Å². The molecule has 2 heteroatoms. The number of alkyl halides is 1. The van der Waals surface area contributed by atoms with Crippen LogP contribution in [0.4, 0.5) is 0 Å². The molecule has 1 atom stereocenters. The molecule has 0 saturated heterocycles. The molecule has 0 aromatic heterocycles. The number of halogens is 2. The van der Waals surface area contributed by atoms with Crippen LogP contribution >= 0.6 is 27.5 Å². The Bertz CT molecular complexity index is 552. The summed E-state index contributed by atoms with van der Waals surface area (Å²) in [6.07, 6.45) is 0. The smallest absolute Gasteiger partial charge is 0.0659 e. The van der Waals surface area contributed by atoms with Gasteiger partial charge < -0.3 is 0 Å². The van der Waals surface area contributed by atoms with Crippen molar-refractivity contribution in [2.75, 3.05) is 0 Å². The predicted molar refractivity (Wildman–Crippen MR) is 87.4 cm³/mol. The van der Waals surface area contributed by atoms with Crippen LogP contribution in [-0.4, -0.2) is 0 Å². The van der Waals surface area contributed by atoms with E-state index in [1.807, 2.05) is 18.2 Å². The lowest BCUT2D eigenvalue weighted by atomic mass is 9.86. The zero-order valence-electron chi connectivity index (χ0n) is 11.5. The molecule has 0 fully saturated rings. The fraction of sp³-hybridized carbons (Fsp3) is 0.294. The van der Waals surface area contributed by atoms with Crippen LogP contribution in [0.5, 0.6) is 0 Å². The maximum absolute atomic E-state index is 6.24. The fourth-order valence-electron chi connectivity index (χ4n) is 2.01. The van der Waals surface area contributed by atoms with Crippen molar-refractivity contribution >= 4 is 27.5 Å². The number of rotatable bonds is 2. The summed E-state index contributed by atoms with van der Waals surface area (Å²) in [5, 5.41) is 0.796. The Hall–Kier alpha value is -0.790. The molecule has 0 spiro atoms. The van der Waals surface area contributed by atoms with E-state index in [0.717, 1.165) is 10.6 Å². The molecule has 1 unspecified atom stereocenters. The van der Waals surface area contributed by atoms with Crippen LogP contribution in [0.2, 0.25) is 5.02 Å². The van der Waals surface area contributed by atoms with Crippen molar-refractivity contribution in [2.45, 2.75) is 31.0 Å². The Morgan fingerprint density at radius 2 is 1.53 bits per heavy atom. The maximum atomic E-state index is 6.24. The third-order valence-corrected chi connectivity index (χ3v) is 4.61. The molecular weight excluding hydrogens is 320 g/mol. The van der Waals surface area contributed by atoms with Crippen LogP contribution in [0.1, 0.15) is 42.3 Å². The molecule has 0 radical (unpaired) electrons. The summed E-state index contributed by atoms with van der Waals surface area (Å²) >= 11 is 9.98. The topological polar surface area (TPSA) is 0 Å².